The summed E-state index contributed by atoms with van der Waals surface area (Å²) in [6, 6.07) is 21.5. The quantitative estimate of drug-likeness (QED) is 0.319. The Morgan fingerprint density at radius 2 is 1.87 bits per heavy atom. The second kappa shape index (κ2) is 9.84. The van der Waals surface area contributed by atoms with Crippen LogP contribution in [0.5, 0.6) is 0 Å². The number of amidine groups is 1. The lowest BCUT2D eigenvalue weighted by atomic mass is 10.0. The molecule has 0 fully saturated rings. The lowest BCUT2D eigenvalue weighted by Gasteiger charge is -2.10. The van der Waals surface area contributed by atoms with Crippen molar-refractivity contribution in [1.82, 2.24) is 4.98 Å². The molecule has 1 aromatic heterocycles. The van der Waals surface area contributed by atoms with Crippen molar-refractivity contribution in [3.8, 4) is 11.3 Å². The molecule has 0 aliphatic rings. The van der Waals surface area contributed by atoms with Crippen molar-refractivity contribution in [3.63, 3.8) is 0 Å². The summed E-state index contributed by atoms with van der Waals surface area (Å²) in [6.07, 6.45) is 4.79. The highest BCUT2D eigenvalue weighted by Crippen LogP contribution is 2.26. The van der Waals surface area contributed by atoms with Gasteiger partial charge in [-0.2, -0.15) is 0 Å². The molecule has 0 spiro atoms. The topological polar surface area (TPSA) is 106 Å². The number of rotatable bonds is 7. The number of carbonyl (C=O) groups excluding carboxylic acids is 1. The number of nitrogens with two attached hydrogens (primary N) is 2. The van der Waals surface area contributed by atoms with Gasteiger partial charge in [0.15, 0.2) is 5.82 Å². The van der Waals surface area contributed by atoms with Crippen molar-refractivity contribution in [1.29, 1.82) is 0 Å². The summed E-state index contributed by atoms with van der Waals surface area (Å²) in [5, 5.41) is 2.76. The van der Waals surface area contributed by atoms with Crippen LogP contribution in [0.1, 0.15) is 11.1 Å². The Morgan fingerprint density at radius 1 is 1.07 bits per heavy atom. The fourth-order valence-corrected chi connectivity index (χ4v) is 2.93. The highest BCUT2D eigenvalue weighted by atomic mass is 16.1. The van der Waals surface area contributed by atoms with E-state index in [4.69, 9.17) is 11.5 Å². The molecule has 150 valence electrons. The third-order valence-electron chi connectivity index (χ3n) is 4.24. The van der Waals surface area contributed by atoms with Gasteiger partial charge < -0.3 is 16.8 Å². The number of anilines is 1. The zero-order chi connectivity index (χ0) is 21.3. The summed E-state index contributed by atoms with van der Waals surface area (Å²) in [5.41, 5.74) is 15.7. The van der Waals surface area contributed by atoms with Crippen LogP contribution in [0.3, 0.4) is 0 Å². The molecule has 6 heteroatoms. The van der Waals surface area contributed by atoms with Crippen LogP contribution in [0, 0.1) is 0 Å². The Morgan fingerprint density at radius 3 is 2.60 bits per heavy atom. The molecule has 3 rings (SSSR count). The monoisotopic (exact) mass is 397 g/mol. The first-order valence-corrected chi connectivity index (χ1v) is 9.38. The number of aromatic nitrogens is 1. The third-order valence-corrected chi connectivity index (χ3v) is 4.24. The van der Waals surface area contributed by atoms with Gasteiger partial charge in [0.25, 0.3) is 0 Å². The van der Waals surface area contributed by atoms with Crippen LogP contribution in [0.4, 0.5) is 11.5 Å². The summed E-state index contributed by atoms with van der Waals surface area (Å²) in [4.78, 5) is 20.6. The van der Waals surface area contributed by atoms with Gasteiger partial charge in [-0.05, 0) is 60.2 Å². The van der Waals surface area contributed by atoms with E-state index in [1.54, 1.807) is 0 Å². The van der Waals surface area contributed by atoms with E-state index < -0.39 is 0 Å². The fraction of sp³-hybridized carbons (Fsp3) is 0.0417. The largest absolute Gasteiger partial charge is 0.404 e. The van der Waals surface area contributed by atoms with Gasteiger partial charge in [0.2, 0.25) is 5.91 Å². The van der Waals surface area contributed by atoms with E-state index in [0.717, 1.165) is 23.2 Å². The van der Waals surface area contributed by atoms with Crippen molar-refractivity contribution >= 4 is 23.2 Å². The number of hydrogen-bond donors (Lipinski definition) is 3. The number of carbonyl (C=O) groups is 1. The molecule has 0 aliphatic heterocycles. The first kappa shape index (κ1) is 20.5. The Kier molecular flexibility index (Phi) is 6.74. The zero-order valence-electron chi connectivity index (χ0n) is 16.5. The molecule has 6 nitrogen and oxygen atoms in total. The van der Waals surface area contributed by atoms with Gasteiger partial charge in [-0.3, -0.25) is 4.79 Å². The molecule has 3 aromatic rings. The minimum absolute atomic E-state index is 0.264. The van der Waals surface area contributed by atoms with Crippen LogP contribution in [0.15, 0.2) is 96.7 Å². The number of nitrogens with zero attached hydrogens (tertiary/aromatic N) is 2. The molecule has 2 aromatic carbocycles. The second-order valence-electron chi connectivity index (χ2n) is 6.55. The first-order chi connectivity index (χ1) is 14.6. The number of benzene rings is 2. The van der Waals surface area contributed by atoms with Gasteiger partial charge in [0, 0.05) is 11.3 Å². The van der Waals surface area contributed by atoms with E-state index in [9.17, 15) is 4.79 Å². The third kappa shape index (κ3) is 5.65. The lowest BCUT2D eigenvalue weighted by molar-refractivity contribution is -0.111. The van der Waals surface area contributed by atoms with E-state index in [2.05, 4.69) is 34.0 Å². The molecule has 1 heterocycles. The van der Waals surface area contributed by atoms with Gasteiger partial charge in [-0.25, -0.2) is 9.98 Å². The number of nitrogens with one attached hydrogen (secondary N) is 1. The Bertz CT molecular complexity index is 1100. The molecular formula is C24H23N5O. The van der Waals surface area contributed by atoms with E-state index in [1.807, 2.05) is 54.6 Å². The Balaban J connectivity index is 2.03. The van der Waals surface area contributed by atoms with Crippen LogP contribution in [0.2, 0.25) is 0 Å². The molecule has 30 heavy (non-hydrogen) atoms. The minimum Gasteiger partial charge on any atom is -0.404 e. The summed E-state index contributed by atoms with van der Waals surface area (Å²) >= 11 is 0. The Hall–Kier alpha value is -4.19. The predicted octanol–water partition coefficient (Wildman–Crippen LogP) is 3.93. The molecule has 0 unspecified atom stereocenters. The normalized spacial score (nSPS) is 11.4. The van der Waals surface area contributed by atoms with Crippen LogP contribution in [0.25, 0.3) is 11.3 Å². The summed E-state index contributed by atoms with van der Waals surface area (Å²) in [6.45, 7) is 3.48. The van der Waals surface area contributed by atoms with Crippen LogP contribution in [-0.4, -0.2) is 16.7 Å². The van der Waals surface area contributed by atoms with Gasteiger partial charge in [0.1, 0.15) is 5.84 Å². The maximum atomic E-state index is 11.6. The smallest absolute Gasteiger partial charge is 0.247 e. The maximum Gasteiger partial charge on any atom is 0.247 e. The van der Waals surface area contributed by atoms with E-state index >= 15 is 0 Å². The van der Waals surface area contributed by atoms with Gasteiger partial charge >= 0.3 is 0 Å². The molecule has 0 radical (unpaired) electrons. The molecule has 0 aliphatic carbocycles. The molecule has 5 N–H and O–H groups in total. The minimum atomic E-state index is -0.274. The fourth-order valence-electron chi connectivity index (χ4n) is 2.93. The van der Waals surface area contributed by atoms with E-state index in [0.29, 0.717) is 11.5 Å². The number of pyridine rings is 1. The molecular weight excluding hydrogens is 374 g/mol. The highest BCUT2D eigenvalue weighted by Gasteiger charge is 2.08. The van der Waals surface area contributed by atoms with Crippen LogP contribution < -0.4 is 16.8 Å². The number of hydrogen-bond acceptors (Lipinski definition) is 4. The zero-order valence-corrected chi connectivity index (χ0v) is 16.5. The average Bonchev–Trinajstić information content (AvgIpc) is 2.74. The lowest BCUT2D eigenvalue weighted by Crippen LogP contribution is -2.08. The second-order valence-corrected chi connectivity index (χ2v) is 6.55. The Labute approximate surface area is 175 Å². The van der Waals surface area contributed by atoms with E-state index in [1.165, 1.54) is 23.9 Å². The van der Waals surface area contributed by atoms with Gasteiger partial charge in [-0.15, -0.1) is 0 Å². The molecule has 0 saturated heterocycles. The number of aliphatic imine (C=N–C) groups is 1. The predicted molar refractivity (Wildman–Crippen MR) is 122 cm³/mol. The van der Waals surface area contributed by atoms with Crippen molar-refractivity contribution < 1.29 is 4.79 Å². The highest BCUT2D eigenvalue weighted by molar-refractivity contribution is 5.99. The maximum absolute atomic E-state index is 11.6. The summed E-state index contributed by atoms with van der Waals surface area (Å²) in [5.74, 6) is 0.471. The number of amides is 1. The summed E-state index contributed by atoms with van der Waals surface area (Å²) in [7, 11) is 0. The van der Waals surface area contributed by atoms with Crippen molar-refractivity contribution in [2.24, 2.45) is 16.5 Å². The molecule has 0 bridgehead atoms. The van der Waals surface area contributed by atoms with E-state index in [-0.39, 0.29) is 11.7 Å². The van der Waals surface area contributed by atoms with Crippen molar-refractivity contribution in [2.45, 2.75) is 6.42 Å². The molecule has 1 amide bonds. The SMILES string of the molecule is C=CC(=O)Nc1cccc(-c2cc(Cc3ccccc3)cc(N=C(N)/C=C\N)n2)c1. The molecule has 0 saturated carbocycles. The van der Waals surface area contributed by atoms with Gasteiger partial charge in [-0.1, -0.05) is 49.0 Å². The van der Waals surface area contributed by atoms with Crippen molar-refractivity contribution in [2.75, 3.05) is 5.32 Å². The summed E-state index contributed by atoms with van der Waals surface area (Å²) < 4.78 is 0. The van der Waals surface area contributed by atoms with Crippen LogP contribution in [-0.2, 0) is 11.2 Å². The van der Waals surface area contributed by atoms with Crippen molar-refractivity contribution in [3.05, 3.63) is 103 Å². The van der Waals surface area contributed by atoms with Crippen LogP contribution >= 0.6 is 0 Å². The first-order valence-electron chi connectivity index (χ1n) is 9.38. The average molecular weight is 397 g/mol. The molecule has 0 atom stereocenters. The standard InChI is InChI=1S/C24H23N5O/c1-2-24(30)27-20-10-6-9-19(16-20)21-14-18(13-17-7-4-3-5-8-17)15-23(28-21)29-22(26)11-12-25/h2-12,14-16H,1,13,25H2,(H,27,30)(H2,26,28,29)/b12-11-. The van der Waals surface area contributed by atoms with Gasteiger partial charge in [0.05, 0.1) is 5.69 Å².